The second-order valence-corrected chi connectivity index (χ2v) is 34.6. The minimum atomic E-state index is -4.97. The Hall–Kier alpha value is -1.94. The van der Waals surface area contributed by atoms with Crippen LogP contribution in [-0.2, 0) is 65.4 Å². The zero-order chi connectivity index (χ0) is 77.1. The van der Waals surface area contributed by atoms with Gasteiger partial charge >= 0.3 is 39.5 Å². The van der Waals surface area contributed by atoms with E-state index >= 15 is 0 Å². The summed E-state index contributed by atoms with van der Waals surface area (Å²) in [6.07, 6.45) is 69.4. The molecule has 0 aromatic carbocycles. The number of aliphatic hydroxyl groups is 1. The Bertz CT molecular complexity index is 2010. The molecule has 0 aliphatic heterocycles. The molecule has 3 N–H and O–H groups in total. The lowest BCUT2D eigenvalue weighted by molar-refractivity contribution is -0.161. The number of carbonyl (C=O) groups is 4. The highest BCUT2D eigenvalue weighted by atomic mass is 31.2. The predicted octanol–water partition coefficient (Wildman–Crippen LogP) is 26.2. The summed E-state index contributed by atoms with van der Waals surface area (Å²) in [7, 11) is -9.93. The lowest BCUT2D eigenvalue weighted by Gasteiger charge is -2.21. The van der Waals surface area contributed by atoms with E-state index in [1.54, 1.807) is 0 Å². The maximum Gasteiger partial charge on any atom is 0.472 e. The summed E-state index contributed by atoms with van der Waals surface area (Å²) >= 11 is 0. The molecule has 0 radical (unpaired) electrons. The van der Waals surface area contributed by atoms with Crippen LogP contribution in [0.3, 0.4) is 0 Å². The van der Waals surface area contributed by atoms with Gasteiger partial charge in [0.1, 0.15) is 19.3 Å². The first-order valence-corrected chi connectivity index (χ1v) is 47.5. The van der Waals surface area contributed by atoms with Gasteiger partial charge in [-0.3, -0.25) is 37.3 Å². The molecule has 19 heteroatoms. The van der Waals surface area contributed by atoms with Crippen molar-refractivity contribution in [1.82, 2.24) is 0 Å². The van der Waals surface area contributed by atoms with Gasteiger partial charge in [0, 0.05) is 25.7 Å². The first-order valence-electron chi connectivity index (χ1n) is 44.5. The van der Waals surface area contributed by atoms with E-state index in [-0.39, 0.29) is 25.7 Å². The number of phosphoric acid groups is 2. The molecule has 0 saturated heterocycles. The zero-order valence-electron chi connectivity index (χ0n) is 69.0. The van der Waals surface area contributed by atoms with Crippen LogP contribution in [0.1, 0.15) is 459 Å². The Morgan fingerprint density at radius 1 is 0.276 bits per heavy atom. The predicted molar refractivity (Wildman–Crippen MR) is 432 cm³/mol. The summed E-state index contributed by atoms with van der Waals surface area (Å²) in [5, 5.41) is 10.7. The fourth-order valence-corrected chi connectivity index (χ4v) is 15.0. The van der Waals surface area contributed by atoms with E-state index < -0.39 is 97.5 Å². The minimum absolute atomic E-state index is 0.106. The van der Waals surface area contributed by atoms with Crippen molar-refractivity contribution < 1.29 is 80.2 Å². The number of rotatable bonds is 85. The Morgan fingerprint density at radius 3 is 0.724 bits per heavy atom. The number of ether oxygens (including phenoxy) is 4. The lowest BCUT2D eigenvalue weighted by Crippen LogP contribution is -2.30. The van der Waals surface area contributed by atoms with Crippen LogP contribution < -0.4 is 0 Å². The van der Waals surface area contributed by atoms with Crippen LogP contribution in [0.15, 0.2) is 0 Å². The van der Waals surface area contributed by atoms with Gasteiger partial charge in [0.05, 0.1) is 26.4 Å². The molecule has 0 aliphatic rings. The molecule has 6 atom stereocenters. The van der Waals surface area contributed by atoms with Gasteiger partial charge in [-0.15, -0.1) is 0 Å². The average Bonchev–Trinajstić information content (AvgIpc) is 1.03. The second kappa shape index (κ2) is 77.4. The fraction of sp³-hybridized carbons (Fsp3) is 0.953. The normalized spacial score (nSPS) is 14.1. The van der Waals surface area contributed by atoms with Gasteiger partial charge in [-0.25, -0.2) is 9.13 Å². The topological polar surface area (TPSA) is 237 Å². The Balaban J connectivity index is 5.26. The molecular formula is C86H168O17P2. The van der Waals surface area contributed by atoms with Gasteiger partial charge in [0.15, 0.2) is 12.2 Å². The van der Waals surface area contributed by atoms with Crippen molar-refractivity contribution in [3.8, 4) is 0 Å². The molecule has 0 spiro atoms. The number of phosphoric ester groups is 2. The van der Waals surface area contributed by atoms with Crippen molar-refractivity contribution >= 4 is 39.5 Å². The highest BCUT2D eigenvalue weighted by Gasteiger charge is 2.30. The van der Waals surface area contributed by atoms with E-state index in [1.807, 2.05) is 0 Å². The number of esters is 4. The minimum Gasteiger partial charge on any atom is -0.462 e. The zero-order valence-corrected chi connectivity index (χ0v) is 70.8. The van der Waals surface area contributed by atoms with Crippen LogP contribution in [0.5, 0.6) is 0 Å². The monoisotopic (exact) mass is 1540 g/mol. The van der Waals surface area contributed by atoms with E-state index in [0.717, 1.165) is 102 Å². The molecule has 0 amide bonds. The molecule has 624 valence electrons. The van der Waals surface area contributed by atoms with Gasteiger partial charge in [-0.2, -0.15) is 0 Å². The van der Waals surface area contributed by atoms with Gasteiger partial charge in [0.2, 0.25) is 0 Å². The van der Waals surface area contributed by atoms with Crippen molar-refractivity contribution in [3.05, 3.63) is 0 Å². The fourth-order valence-electron chi connectivity index (χ4n) is 13.4. The van der Waals surface area contributed by atoms with Crippen LogP contribution in [0.2, 0.25) is 0 Å². The van der Waals surface area contributed by atoms with Crippen LogP contribution in [0.4, 0.5) is 0 Å². The molecule has 0 fully saturated rings. The summed E-state index contributed by atoms with van der Waals surface area (Å²) in [6, 6.07) is 0. The van der Waals surface area contributed by atoms with Gasteiger partial charge in [0.25, 0.3) is 0 Å². The molecule has 105 heavy (non-hydrogen) atoms. The van der Waals surface area contributed by atoms with Crippen molar-refractivity contribution in [3.63, 3.8) is 0 Å². The molecule has 0 rings (SSSR count). The standard InChI is InChI=1S/C86H168O17P2/c1-7-10-12-14-16-18-20-22-24-26-28-30-32-34-36-44-50-56-62-68-83(88)96-74-81(102-85(90)70-64-58-52-46-37-35-33-31-29-27-25-23-21-19-17-15-13-11-8-2)76-100-104(92,93)98-72-80(87)73-99-105(94,95)101-77-82(75-97-84(89)69-63-57-51-45-40-38-42-48-54-60-66-78(4)5)103-86(91)71-65-59-53-47-41-39-43-49-55-61-67-79(6)9-3/h78-82,87H,7-77H2,1-6H3,(H,92,93)(H,94,95)/t79?,80-,81-,82-/m1/s1. The van der Waals surface area contributed by atoms with Gasteiger partial charge < -0.3 is 33.8 Å². The van der Waals surface area contributed by atoms with Gasteiger partial charge in [-0.1, -0.05) is 408 Å². The third kappa shape index (κ3) is 78.5. The quantitative estimate of drug-likeness (QED) is 0.0222. The Morgan fingerprint density at radius 2 is 0.486 bits per heavy atom. The largest absolute Gasteiger partial charge is 0.472 e. The molecule has 0 bridgehead atoms. The van der Waals surface area contributed by atoms with Crippen LogP contribution in [0, 0.1) is 11.8 Å². The van der Waals surface area contributed by atoms with Crippen LogP contribution >= 0.6 is 15.6 Å². The smallest absolute Gasteiger partial charge is 0.462 e. The maximum atomic E-state index is 13.2. The SMILES string of the molecule is CCCCCCCCCCCCCCCCCCCCCC(=O)OC[C@H](COP(=O)(O)OC[C@@H](O)COP(=O)(O)OC[C@@H](COC(=O)CCCCCCCCCCCCC(C)C)OC(=O)CCCCCCCCCCCCC(C)CC)OC(=O)CCCCCCCCCCCCCCCCCCCCC. The van der Waals surface area contributed by atoms with E-state index in [2.05, 4.69) is 41.5 Å². The first-order chi connectivity index (χ1) is 50.9. The highest BCUT2D eigenvalue weighted by Crippen LogP contribution is 2.45. The Labute approximate surface area is 645 Å². The molecule has 17 nitrogen and oxygen atoms in total. The molecule has 0 heterocycles. The second-order valence-electron chi connectivity index (χ2n) is 31.6. The van der Waals surface area contributed by atoms with E-state index in [9.17, 15) is 43.2 Å². The number of unbranched alkanes of at least 4 members (excludes halogenated alkanes) is 54. The third-order valence-electron chi connectivity index (χ3n) is 20.6. The summed E-state index contributed by atoms with van der Waals surface area (Å²) in [5.41, 5.74) is 0. The van der Waals surface area contributed by atoms with E-state index in [4.69, 9.17) is 37.0 Å². The maximum absolute atomic E-state index is 13.2. The average molecular weight is 1540 g/mol. The third-order valence-corrected chi connectivity index (χ3v) is 22.5. The molecule has 3 unspecified atom stereocenters. The number of hydrogen-bond donors (Lipinski definition) is 3. The summed E-state index contributed by atoms with van der Waals surface area (Å²) in [4.78, 5) is 73.3. The molecule has 0 aromatic heterocycles. The van der Waals surface area contributed by atoms with Crippen LogP contribution in [0.25, 0.3) is 0 Å². The van der Waals surface area contributed by atoms with Crippen molar-refractivity contribution in [2.45, 2.75) is 477 Å². The Kier molecular flexibility index (Phi) is 76.0. The number of carbonyl (C=O) groups excluding carboxylic acids is 4. The summed E-state index contributed by atoms with van der Waals surface area (Å²) in [5.74, 6) is -0.540. The van der Waals surface area contributed by atoms with Crippen molar-refractivity contribution in [2.24, 2.45) is 11.8 Å². The lowest BCUT2D eigenvalue weighted by atomic mass is 9.99. The molecule has 0 aromatic rings. The van der Waals surface area contributed by atoms with Crippen LogP contribution in [-0.4, -0.2) is 96.7 Å². The molecule has 0 saturated carbocycles. The van der Waals surface area contributed by atoms with Gasteiger partial charge in [-0.05, 0) is 37.5 Å². The van der Waals surface area contributed by atoms with Crippen molar-refractivity contribution in [1.29, 1.82) is 0 Å². The van der Waals surface area contributed by atoms with E-state index in [0.29, 0.717) is 25.7 Å². The number of hydrogen-bond acceptors (Lipinski definition) is 15. The molecule has 0 aliphatic carbocycles. The molecular weight excluding hydrogens is 1370 g/mol. The van der Waals surface area contributed by atoms with Crippen molar-refractivity contribution in [2.75, 3.05) is 39.6 Å². The number of aliphatic hydroxyl groups excluding tert-OH is 1. The summed E-state index contributed by atoms with van der Waals surface area (Å²) in [6.45, 7) is 9.69. The first kappa shape index (κ1) is 103. The summed E-state index contributed by atoms with van der Waals surface area (Å²) < 4.78 is 68.9. The van der Waals surface area contributed by atoms with E-state index in [1.165, 1.54) is 276 Å². The highest BCUT2D eigenvalue weighted by molar-refractivity contribution is 7.47.